The summed E-state index contributed by atoms with van der Waals surface area (Å²) < 4.78 is 0. The Morgan fingerprint density at radius 3 is 1.60 bits per heavy atom. The van der Waals surface area contributed by atoms with Crippen LogP contribution in [0.2, 0.25) is 37.3 Å². The molecule has 0 bridgehead atoms. The van der Waals surface area contributed by atoms with Gasteiger partial charge in [0.25, 0.3) is 6.69 Å². The van der Waals surface area contributed by atoms with Crippen LogP contribution in [0, 0.1) is 0 Å². The van der Waals surface area contributed by atoms with Gasteiger partial charge < -0.3 is 0 Å². The summed E-state index contributed by atoms with van der Waals surface area (Å²) >= 11 is 12.3. The SMILES string of the molecule is C[Si]1(C)CC[Si](Cl)(Cl)CC1. The summed E-state index contributed by atoms with van der Waals surface area (Å²) in [4.78, 5) is 0. The van der Waals surface area contributed by atoms with E-state index in [4.69, 9.17) is 22.2 Å². The second kappa shape index (κ2) is 2.81. The van der Waals surface area contributed by atoms with Crippen LogP contribution in [-0.2, 0) is 0 Å². The molecule has 0 aromatic heterocycles. The van der Waals surface area contributed by atoms with E-state index in [0.717, 1.165) is 12.1 Å². The molecule has 0 spiro atoms. The summed E-state index contributed by atoms with van der Waals surface area (Å²) in [5, 5.41) is 0. The molecule has 0 radical (unpaired) electrons. The number of halogens is 2. The minimum Gasteiger partial charge on any atom is -0.146 e. The Morgan fingerprint density at radius 2 is 1.30 bits per heavy atom. The highest BCUT2D eigenvalue weighted by atomic mass is 35.7. The summed E-state index contributed by atoms with van der Waals surface area (Å²) in [6, 6.07) is 5.00. The molecule has 1 aliphatic heterocycles. The third kappa shape index (κ3) is 2.57. The van der Waals surface area contributed by atoms with Crippen LogP contribution in [0.1, 0.15) is 0 Å². The standard InChI is InChI=1S/C6H14Cl2Si2/c1-9(2)3-5-10(7,8)6-4-9/h3-6H2,1-2H3. The molecule has 0 amide bonds. The van der Waals surface area contributed by atoms with E-state index in [-0.39, 0.29) is 0 Å². The summed E-state index contributed by atoms with van der Waals surface area (Å²) in [5.74, 6) is 0. The molecule has 1 fully saturated rings. The highest BCUT2D eigenvalue weighted by molar-refractivity contribution is 7.46. The fourth-order valence-corrected chi connectivity index (χ4v) is 13.5. The van der Waals surface area contributed by atoms with Crippen LogP contribution in [0.3, 0.4) is 0 Å². The van der Waals surface area contributed by atoms with E-state index in [1.165, 1.54) is 12.1 Å². The Hall–Kier alpha value is 1.01. The van der Waals surface area contributed by atoms with Crippen LogP contribution in [0.15, 0.2) is 0 Å². The van der Waals surface area contributed by atoms with E-state index in [1.54, 1.807) is 0 Å². The maximum absolute atomic E-state index is 6.13. The first-order valence-corrected chi connectivity index (χ1v) is 11.6. The van der Waals surface area contributed by atoms with Gasteiger partial charge in [-0.25, -0.2) is 0 Å². The highest BCUT2D eigenvalue weighted by Gasteiger charge is 2.38. The first-order chi connectivity index (χ1) is 4.41. The lowest BCUT2D eigenvalue weighted by molar-refractivity contribution is 1.15. The quantitative estimate of drug-likeness (QED) is 0.426. The van der Waals surface area contributed by atoms with Crippen molar-refractivity contribution in [3.63, 3.8) is 0 Å². The molecule has 10 heavy (non-hydrogen) atoms. The number of hydrogen-bond acceptors (Lipinski definition) is 0. The van der Waals surface area contributed by atoms with Crippen molar-refractivity contribution < 1.29 is 0 Å². The van der Waals surface area contributed by atoms with Crippen molar-refractivity contribution in [3.05, 3.63) is 0 Å². The minimum absolute atomic E-state index is 0.813. The van der Waals surface area contributed by atoms with Crippen molar-refractivity contribution in [1.29, 1.82) is 0 Å². The van der Waals surface area contributed by atoms with Crippen LogP contribution >= 0.6 is 22.2 Å². The zero-order valence-electron chi connectivity index (χ0n) is 6.58. The predicted octanol–water partition coefficient (Wildman–Crippen LogP) is 3.63. The van der Waals surface area contributed by atoms with E-state index in [0.29, 0.717) is 0 Å². The van der Waals surface area contributed by atoms with Crippen LogP contribution in [0.4, 0.5) is 0 Å². The van der Waals surface area contributed by atoms with E-state index in [2.05, 4.69) is 13.1 Å². The van der Waals surface area contributed by atoms with Gasteiger partial charge in [0.15, 0.2) is 0 Å². The van der Waals surface area contributed by atoms with Gasteiger partial charge in [-0.2, -0.15) is 0 Å². The topological polar surface area (TPSA) is 0 Å². The second-order valence-corrected chi connectivity index (χ2v) is 17.0. The Kier molecular flexibility index (Phi) is 2.56. The van der Waals surface area contributed by atoms with Crippen molar-refractivity contribution in [2.24, 2.45) is 0 Å². The molecule has 0 aromatic carbocycles. The smallest absolute Gasteiger partial charge is 0.146 e. The van der Waals surface area contributed by atoms with Gasteiger partial charge in [0, 0.05) is 8.07 Å². The molecule has 0 atom stereocenters. The molecule has 0 aromatic rings. The Balaban J connectivity index is 2.46. The number of hydrogen-bond donors (Lipinski definition) is 0. The van der Waals surface area contributed by atoms with E-state index < -0.39 is 14.8 Å². The molecule has 1 aliphatic rings. The molecular formula is C6H14Cl2Si2. The molecule has 1 heterocycles. The molecule has 0 saturated carbocycles. The van der Waals surface area contributed by atoms with Crippen molar-refractivity contribution >= 4 is 36.9 Å². The molecule has 60 valence electrons. The molecule has 4 heteroatoms. The molecular weight excluding hydrogens is 199 g/mol. The van der Waals surface area contributed by atoms with Crippen LogP contribution in [-0.4, -0.2) is 14.8 Å². The molecule has 0 unspecified atom stereocenters. The maximum Gasteiger partial charge on any atom is 0.250 e. The summed E-state index contributed by atoms with van der Waals surface area (Å²) in [5.41, 5.74) is 0. The molecule has 0 nitrogen and oxygen atoms in total. The summed E-state index contributed by atoms with van der Waals surface area (Å²) in [6.45, 7) is 3.17. The lowest BCUT2D eigenvalue weighted by Gasteiger charge is -2.32. The second-order valence-electron chi connectivity index (χ2n) is 4.02. The number of rotatable bonds is 0. The molecule has 1 saturated heterocycles. The van der Waals surface area contributed by atoms with Crippen LogP contribution in [0.25, 0.3) is 0 Å². The average molecular weight is 213 g/mol. The fraction of sp³-hybridized carbons (Fsp3) is 1.00. The average Bonchev–Trinajstić information content (AvgIpc) is 1.79. The fourth-order valence-electron chi connectivity index (χ4n) is 1.29. The minimum atomic E-state index is -1.70. The molecule has 0 N–H and O–H groups in total. The van der Waals surface area contributed by atoms with Gasteiger partial charge in [-0.1, -0.05) is 25.2 Å². The maximum atomic E-state index is 6.13. The van der Waals surface area contributed by atoms with Crippen molar-refractivity contribution in [2.75, 3.05) is 0 Å². The first kappa shape index (κ1) is 9.10. The predicted molar refractivity (Wildman–Crippen MR) is 54.2 cm³/mol. The van der Waals surface area contributed by atoms with Gasteiger partial charge in [-0.3, -0.25) is 0 Å². The largest absolute Gasteiger partial charge is 0.250 e. The Bertz CT molecular complexity index is 106. The van der Waals surface area contributed by atoms with Crippen LogP contribution < -0.4 is 0 Å². The third-order valence-corrected chi connectivity index (χ3v) is 10.8. The van der Waals surface area contributed by atoms with E-state index >= 15 is 0 Å². The van der Waals surface area contributed by atoms with Crippen molar-refractivity contribution in [3.8, 4) is 0 Å². The molecule has 1 rings (SSSR count). The van der Waals surface area contributed by atoms with Gasteiger partial charge >= 0.3 is 0 Å². The first-order valence-electron chi connectivity index (χ1n) is 3.79. The monoisotopic (exact) mass is 212 g/mol. The van der Waals surface area contributed by atoms with Crippen molar-refractivity contribution in [1.82, 2.24) is 0 Å². The normalized spacial score (nSPS) is 30.0. The zero-order chi connectivity index (χ0) is 7.83. The lowest BCUT2D eigenvalue weighted by atomic mass is 10.9. The lowest BCUT2D eigenvalue weighted by Crippen LogP contribution is -2.36. The van der Waals surface area contributed by atoms with E-state index in [9.17, 15) is 0 Å². The van der Waals surface area contributed by atoms with Crippen molar-refractivity contribution in [2.45, 2.75) is 37.3 Å². The van der Waals surface area contributed by atoms with Gasteiger partial charge in [0.2, 0.25) is 0 Å². The third-order valence-electron chi connectivity index (χ3n) is 2.34. The highest BCUT2D eigenvalue weighted by Crippen LogP contribution is 2.39. The van der Waals surface area contributed by atoms with Gasteiger partial charge in [-0.15, -0.1) is 22.2 Å². The Labute approximate surface area is 74.3 Å². The summed E-state index contributed by atoms with van der Waals surface area (Å²) in [6.07, 6.45) is 0. The van der Waals surface area contributed by atoms with Crippen LogP contribution in [0.5, 0.6) is 0 Å². The summed E-state index contributed by atoms with van der Waals surface area (Å²) in [7, 11) is -0.813. The van der Waals surface area contributed by atoms with Gasteiger partial charge in [0.05, 0.1) is 0 Å². The Morgan fingerprint density at radius 1 is 0.900 bits per heavy atom. The molecule has 0 aliphatic carbocycles. The van der Waals surface area contributed by atoms with Gasteiger partial charge in [0.1, 0.15) is 0 Å². The van der Waals surface area contributed by atoms with E-state index in [1.807, 2.05) is 0 Å². The van der Waals surface area contributed by atoms with Gasteiger partial charge in [-0.05, 0) is 12.1 Å². The zero-order valence-corrected chi connectivity index (χ0v) is 10.1.